The Hall–Kier alpha value is -1.06. The molecule has 0 N–H and O–H groups in total. The fourth-order valence-corrected chi connectivity index (χ4v) is 3.25. The minimum Gasteiger partial charge on any atom is -0.465 e. The topological polar surface area (TPSA) is 52.6 Å². The molecule has 1 aliphatic carbocycles. The summed E-state index contributed by atoms with van der Waals surface area (Å²) in [6.07, 6.45) is 1.78. The molecule has 0 amide bonds. The van der Waals surface area contributed by atoms with E-state index in [9.17, 15) is 9.59 Å². The van der Waals surface area contributed by atoms with E-state index in [1.807, 2.05) is 34.6 Å². The molecule has 4 heteroatoms. The second kappa shape index (κ2) is 8.54. The molecule has 1 rings (SSSR count). The van der Waals surface area contributed by atoms with Crippen LogP contribution in [0.15, 0.2) is 0 Å². The standard InChI is InChI=1S/C18H32O4/c1-7-14-8-13(6)15(17(19)21-9-11(2)3)16(14)18(20)22-10-12(4)5/h11-16H,7-10H2,1-6H3. The molecule has 0 aromatic rings. The van der Waals surface area contributed by atoms with E-state index >= 15 is 0 Å². The SMILES string of the molecule is CCC1CC(C)C(C(=O)OCC(C)C)C1C(=O)OCC(C)C. The van der Waals surface area contributed by atoms with Crippen molar-refractivity contribution in [2.45, 2.75) is 54.4 Å². The number of carbonyl (C=O) groups is 2. The van der Waals surface area contributed by atoms with Gasteiger partial charge in [0.2, 0.25) is 0 Å². The molecule has 0 aromatic heterocycles. The Balaban J connectivity index is 2.81. The van der Waals surface area contributed by atoms with Gasteiger partial charge >= 0.3 is 11.9 Å². The monoisotopic (exact) mass is 312 g/mol. The maximum absolute atomic E-state index is 12.5. The highest BCUT2D eigenvalue weighted by Crippen LogP contribution is 2.44. The lowest BCUT2D eigenvalue weighted by Gasteiger charge is -2.23. The van der Waals surface area contributed by atoms with E-state index in [2.05, 4.69) is 6.92 Å². The molecule has 0 aromatic carbocycles. The van der Waals surface area contributed by atoms with Crippen molar-refractivity contribution >= 4 is 11.9 Å². The van der Waals surface area contributed by atoms with Crippen LogP contribution in [0.3, 0.4) is 0 Å². The zero-order valence-electron chi connectivity index (χ0n) is 14.9. The molecular weight excluding hydrogens is 280 g/mol. The molecule has 0 bridgehead atoms. The Morgan fingerprint density at radius 1 is 0.955 bits per heavy atom. The fraction of sp³-hybridized carbons (Fsp3) is 0.889. The molecule has 4 nitrogen and oxygen atoms in total. The summed E-state index contributed by atoms with van der Waals surface area (Å²) < 4.78 is 10.8. The molecule has 0 heterocycles. The Morgan fingerprint density at radius 2 is 1.41 bits per heavy atom. The number of carbonyl (C=O) groups excluding carboxylic acids is 2. The lowest BCUT2D eigenvalue weighted by molar-refractivity contribution is -0.163. The number of rotatable bonds is 7. The molecule has 1 fully saturated rings. The molecule has 0 aliphatic heterocycles. The van der Waals surface area contributed by atoms with Crippen LogP contribution in [-0.4, -0.2) is 25.2 Å². The van der Waals surface area contributed by atoms with Crippen molar-refractivity contribution in [1.29, 1.82) is 0 Å². The van der Waals surface area contributed by atoms with E-state index in [0.717, 1.165) is 12.8 Å². The van der Waals surface area contributed by atoms with Gasteiger partial charge in [-0.3, -0.25) is 9.59 Å². The first-order chi connectivity index (χ1) is 10.3. The van der Waals surface area contributed by atoms with Gasteiger partial charge in [0.05, 0.1) is 25.0 Å². The van der Waals surface area contributed by atoms with Crippen LogP contribution < -0.4 is 0 Å². The molecule has 1 saturated carbocycles. The van der Waals surface area contributed by atoms with Crippen molar-refractivity contribution in [3.63, 3.8) is 0 Å². The molecule has 22 heavy (non-hydrogen) atoms. The predicted molar refractivity (Wildman–Crippen MR) is 86.1 cm³/mol. The zero-order chi connectivity index (χ0) is 16.9. The van der Waals surface area contributed by atoms with E-state index in [0.29, 0.717) is 25.0 Å². The Bertz CT molecular complexity index is 375. The highest BCUT2D eigenvalue weighted by molar-refractivity contribution is 5.83. The smallest absolute Gasteiger partial charge is 0.310 e. The first kappa shape index (κ1) is 19.0. The largest absolute Gasteiger partial charge is 0.465 e. The van der Waals surface area contributed by atoms with Crippen LogP contribution >= 0.6 is 0 Å². The average Bonchev–Trinajstić information content (AvgIpc) is 2.78. The van der Waals surface area contributed by atoms with Gasteiger partial charge in [-0.05, 0) is 30.1 Å². The van der Waals surface area contributed by atoms with Crippen molar-refractivity contribution in [1.82, 2.24) is 0 Å². The van der Waals surface area contributed by atoms with E-state index < -0.39 is 0 Å². The van der Waals surface area contributed by atoms with Crippen molar-refractivity contribution in [2.24, 2.45) is 35.5 Å². The minimum absolute atomic E-state index is 0.168. The van der Waals surface area contributed by atoms with E-state index in [1.54, 1.807) is 0 Å². The third-order valence-electron chi connectivity index (χ3n) is 4.37. The lowest BCUT2D eigenvalue weighted by Crippen LogP contribution is -2.34. The average molecular weight is 312 g/mol. The Kier molecular flexibility index (Phi) is 7.37. The molecule has 0 spiro atoms. The molecule has 1 aliphatic rings. The van der Waals surface area contributed by atoms with Gasteiger partial charge in [-0.2, -0.15) is 0 Å². The molecule has 0 saturated heterocycles. The van der Waals surface area contributed by atoms with Crippen molar-refractivity contribution in [2.75, 3.05) is 13.2 Å². The van der Waals surface area contributed by atoms with Gasteiger partial charge in [0, 0.05) is 0 Å². The van der Waals surface area contributed by atoms with Gasteiger partial charge in [0.1, 0.15) is 0 Å². The fourth-order valence-electron chi connectivity index (χ4n) is 3.25. The number of ether oxygens (including phenoxy) is 2. The summed E-state index contributed by atoms with van der Waals surface area (Å²) >= 11 is 0. The summed E-state index contributed by atoms with van der Waals surface area (Å²) in [5, 5.41) is 0. The third kappa shape index (κ3) is 4.99. The molecule has 4 atom stereocenters. The molecular formula is C18H32O4. The van der Waals surface area contributed by atoms with Gasteiger partial charge in [-0.1, -0.05) is 48.0 Å². The van der Waals surface area contributed by atoms with Crippen molar-refractivity contribution < 1.29 is 19.1 Å². The van der Waals surface area contributed by atoms with Crippen LogP contribution in [0, 0.1) is 35.5 Å². The minimum atomic E-state index is -0.358. The van der Waals surface area contributed by atoms with Crippen LogP contribution in [0.4, 0.5) is 0 Å². The molecule has 128 valence electrons. The van der Waals surface area contributed by atoms with Gasteiger partial charge in [0.25, 0.3) is 0 Å². The molecule has 4 unspecified atom stereocenters. The number of hydrogen-bond donors (Lipinski definition) is 0. The van der Waals surface area contributed by atoms with Gasteiger partial charge in [0.15, 0.2) is 0 Å². The normalized spacial score (nSPS) is 28.2. The highest BCUT2D eigenvalue weighted by atomic mass is 16.5. The lowest BCUT2D eigenvalue weighted by atomic mass is 9.86. The van der Waals surface area contributed by atoms with Crippen LogP contribution in [0.1, 0.15) is 54.4 Å². The number of esters is 2. The van der Waals surface area contributed by atoms with Crippen LogP contribution in [-0.2, 0) is 19.1 Å². The van der Waals surface area contributed by atoms with Gasteiger partial charge in [-0.25, -0.2) is 0 Å². The van der Waals surface area contributed by atoms with Crippen molar-refractivity contribution in [3.05, 3.63) is 0 Å². The second-order valence-corrected chi connectivity index (χ2v) is 7.48. The summed E-state index contributed by atoms with van der Waals surface area (Å²) in [5.74, 6) is -0.183. The molecule has 0 radical (unpaired) electrons. The van der Waals surface area contributed by atoms with Gasteiger partial charge in [-0.15, -0.1) is 0 Å². The summed E-state index contributed by atoms with van der Waals surface area (Å²) in [7, 11) is 0. The summed E-state index contributed by atoms with van der Waals surface area (Å²) in [5.41, 5.74) is 0. The highest BCUT2D eigenvalue weighted by Gasteiger charge is 2.49. The van der Waals surface area contributed by atoms with E-state index in [4.69, 9.17) is 9.47 Å². The maximum atomic E-state index is 12.5. The van der Waals surface area contributed by atoms with Crippen LogP contribution in [0.25, 0.3) is 0 Å². The second-order valence-electron chi connectivity index (χ2n) is 7.48. The summed E-state index contributed by atoms with van der Waals surface area (Å²) in [4.78, 5) is 24.9. The first-order valence-electron chi connectivity index (χ1n) is 8.61. The van der Waals surface area contributed by atoms with Crippen LogP contribution in [0.2, 0.25) is 0 Å². The predicted octanol–water partition coefficient (Wildman–Crippen LogP) is 3.68. The zero-order valence-corrected chi connectivity index (χ0v) is 14.9. The number of hydrogen-bond acceptors (Lipinski definition) is 4. The maximum Gasteiger partial charge on any atom is 0.310 e. The quantitative estimate of drug-likeness (QED) is 0.673. The summed E-state index contributed by atoms with van der Waals surface area (Å²) in [6, 6.07) is 0. The van der Waals surface area contributed by atoms with E-state index in [-0.39, 0.29) is 35.6 Å². The Labute approximate surface area is 134 Å². The van der Waals surface area contributed by atoms with Crippen LogP contribution in [0.5, 0.6) is 0 Å². The Morgan fingerprint density at radius 3 is 1.82 bits per heavy atom. The first-order valence-corrected chi connectivity index (χ1v) is 8.61. The third-order valence-corrected chi connectivity index (χ3v) is 4.37. The van der Waals surface area contributed by atoms with Gasteiger partial charge < -0.3 is 9.47 Å². The summed E-state index contributed by atoms with van der Waals surface area (Å²) in [6.45, 7) is 13.0. The van der Waals surface area contributed by atoms with Crippen molar-refractivity contribution in [3.8, 4) is 0 Å². The van der Waals surface area contributed by atoms with E-state index in [1.165, 1.54) is 0 Å².